The Kier molecular flexibility index (Phi) is 11.7. The lowest BCUT2D eigenvalue weighted by Crippen LogP contribution is -2.30. The van der Waals surface area contributed by atoms with Crippen LogP contribution >= 0.6 is 8.25 Å². The van der Waals surface area contributed by atoms with Gasteiger partial charge in [0.1, 0.15) is 0 Å². The van der Waals surface area contributed by atoms with E-state index in [-0.39, 0.29) is 0 Å². The second-order valence-electron chi connectivity index (χ2n) is 2.52. The highest BCUT2D eigenvalue weighted by Gasteiger charge is 2.20. The molecule has 0 spiro atoms. The molecule has 0 aliphatic heterocycles. The lowest BCUT2D eigenvalue weighted by Gasteiger charge is -1.99. The van der Waals surface area contributed by atoms with Gasteiger partial charge in [-0.05, 0) is 9.25 Å². The van der Waals surface area contributed by atoms with Crippen molar-refractivity contribution in [2.45, 2.75) is 0 Å². The van der Waals surface area contributed by atoms with Gasteiger partial charge in [-0.15, -0.1) is 11.0 Å². The van der Waals surface area contributed by atoms with Crippen LogP contribution < -0.4 is 27.7 Å². The molecule has 1 unspecified atom stereocenters. The zero-order valence-electron chi connectivity index (χ0n) is 8.57. The minimum Gasteiger partial charge on any atom is -0.329 e. The summed E-state index contributed by atoms with van der Waals surface area (Å²) in [7, 11) is -2.20. The summed E-state index contributed by atoms with van der Waals surface area (Å²) in [5.41, 5.74) is 15.3. The molecule has 0 rings (SSSR count). The summed E-state index contributed by atoms with van der Waals surface area (Å²) in [6.07, 6.45) is 0. The van der Waals surface area contributed by atoms with Gasteiger partial charge in [-0.25, -0.2) is 0 Å². The van der Waals surface area contributed by atoms with Gasteiger partial charge in [0, 0.05) is 43.8 Å². The minimum absolute atomic E-state index is 0.402. The Labute approximate surface area is 89.9 Å². The predicted octanol–water partition coefficient (Wildman–Crippen LogP) is -1.81. The van der Waals surface area contributed by atoms with Crippen LogP contribution in [0.15, 0.2) is 0 Å². The van der Waals surface area contributed by atoms with Crippen molar-refractivity contribution >= 4 is 8.25 Å². The minimum atomic E-state index is -2.20. The first kappa shape index (κ1) is 14.8. The third-order valence-electron chi connectivity index (χ3n) is 1.25. The Morgan fingerprint density at radius 1 is 0.933 bits per heavy atom. The van der Waals surface area contributed by atoms with Gasteiger partial charge in [0.25, 0.3) is 0 Å². The number of nitrogens with two attached hydrogens (primary N) is 2. The Morgan fingerprint density at radius 2 is 1.53 bits per heavy atom. The highest BCUT2D eigenvalue weighted by Crippen LogP contribution is 2.18. The van der Waals surface area contributed by atoms with Crippen LogP contribution in [-0.4, -0.2) is 39.3 Å². The maximum atomic E-state index is 10.9. The Balaban J connectivity index is 3.10. The van der Waals surface area contributed by atoms with Crippen molar-refractivity contribution in [2.75, 3.05) is 39.3 Å². The molecule has 0 saturated heterocycles. The predicted molar refractivity (Wildman–Crippen MR) is 56.8 cm³/mol. The van der Waals surface area contributed by atoms with Crippen LogP contribution in [0.2, 0.25) is 0 Å². The SMILES string of the molecule is NCCNCCNO[P+](=O)ONCCN. The van der Waals surface area contributed by atoms with Crippen molar-refractivity contribution in [3.63, 3.8) is 0 Å². The van der Waals surface area contributed by atoms with E-state index in [0.29, 0.717) is 32.7 Å². The summed E-state index contributed by atoms with van der Waals surface area (Å²) < 4.78 is 20.1. The summed E-state index contributed by atoms with van der Waals surface area (Å²) in [6, 6.07) is 0. The van der Waals surface area contributed by atoms with Crippen molar-refractivity contribution in [3.8, 4) is 0 Å². The molecule has 0 aliphatic rings. The maximum absolute atomic E-state index is 10.9. The van der Waals surface area contributed by atoms with Crippen LogP contribution in [0.3, 0.4) is 0 Å². The molecule has 0 aromatic carbocycles. The Hall–Kier alpha value is -0.180. The molecular weight excluding hydrogens is 221 g/mol. The van der Waals surface area contributed by atoms with Gasteiger partial charge in [-0.2, -0.15) is 0 Å². The molecule has 9 heteroatoms. The largest absolute Gasteiger partial charge is 0.735 e. The van der Waals surface area contributed by atoms with E-state index in [1.165, 1.54) is 0 Å². The number of hydroxylamine groups is 2. The van der Waals surface area contributed by atoms with E-state index in [1.54, 1.807) is 0 Å². The molecule has 15 heavy (non-hydrogen) atoms. The molecular formula is C6H19N5O3P+. The molecule has 90 valence electrons. The summed E-state index contributed by atoms with van der Waals surface area (Å²) in [5.74, 6) is 0. The summed E-state index contributed by atoms with van der Waals surface area (Å²) in [6.45, 7) is 3.34. The summed E-state index contributed by atoms with van der Waals surface area (Å²) in [5, 5.41) is 3.03. The zero-order chi connectivity index (χ0) is 11.4. The molecule has 0 aliphatic carbocycles. The van der Waals surface area contributed by atoms with Gasteiger partial charge >= 0.3 is 8.25 Å². The first-order chi connectivity index (χ1) is 7.31. The molecule has 1 atom stereocenters. The molecule has 8 nitrogen and oxygen atoms in total. The van der Waals surface area contributed by atoms with Crippen molar-refractivity contribution < 1.29 is 13.8 Å². The highest BCUT2D eigenvalue weighted by molar-refractivity contribution is 7.33. The third kappa shape index (κ3) is 11.7. The van der Waals surface area contributed by atoms with E-state index in [0.717, 1.165) is 6.54 Å². The van der Waals surface area contributed by atoms with E-state index in [9.17, 15) is 4.57 Å². The fourth-order valence-electron chi connectivity index (χ4n) is 0.641. The second-order valence-corrected chi connectivity index (χ2v) is 3.33. The van der Waals surface area contributed by atoms with Crippen LogP contribution in [0.25, 0.3) is 0 Å². The van der Waals surface area contributed by atoms with Crippen molar-refractivity contribution in [2.24, 2.45) is 11.5 Å². The van der Waals surface area contributed by atoms with Gasteiger partial charge in [0.05, 0.1) is 0 Å². The first-order valence-electron chi connectivity index (χ1n) is 4.69. The first-order valence-corrected chi connectivity index (χ1v) is 5.78. The van der Waals surface area contributed by atoms with Gasteiger partial charge in [-0.1, -0.05) is 0 Å². The van der Waals surface area contributed by atoms with Crippen molar-refractivity contribution in [1.29, 1.82) is 0 Å². The van der Waals surface area contributed by atoms with E-state index < -0.39 is 8.25 Å². The van der Waals surface area contributed by atoms with Gasteiger partial charge in [0.15, 0.2) is 0 Å². The molecule has 0 bridgehead atoms. The quantitative estimate of drug-likeness (QED) is 0.163. The lowest BCUT2D eigenvalue weighted by molar-refractivity contribution is 0.119. The van der Waals surface area contributed by atoms with E-state index in [1.807, 2.05) is 0 Å². The standard InChI is InChI=1S/C6H19N5O3P/c7-1-3-9-5-6-11-14-15(12)13-10-4-2-8/h9-11H,1-8H2/q+1. The van der Waals surface area contributed by atoms with Crippen LogP contribution in [0.5, 0.6) is 0 Å². The molecule has 7 N–H and O–H groups in total. The van der Waals surface area contributed by atoms with Crippen molar-refractivity contribution in [3.05, 3.63) is 0 Å². The number of hydrogen-bond acceptors (Lipinski definition) is 8. The third-order valence-corrected chi connectivity index (χ3v) is 1.81. The van der Waals surface area contributed by atoms with Gasteiger partial charge < -0.3 is 16.8 Å². The number of rotatable bonds is 11. The van der Waals surface area contributed by atoms with E-state index >= 15 is 0 Å². The zero-order valence-corrected chi connectivity index (χ0v) is 9.46. The molecule has 0 radical (unpaired) electrons. The number of hydrogen-bond donors (Lipinski definition) is 5. The number of nitrogens with one attached hydrogen (secondary N) is 3. The maximum Gasteiger partial charge on any atom is 0.735 e. The summed E-state index contributed by atoms with van der Waals surface area (Å²) in [4.78, 5) is 0. The molecule has 0 aromatic rings. The van der Waals surface area contributed by atoms with Crippen LogP contribution in [0, 0.1) is 0 Å². The van der Waals surface area contributed by atoms with Crippen LogP contribution in [0.4, 0.5) is 0 Å². The monoisotopic (exact) mass is 240 g/mol. The molecule has 0 saturated carbocycles. The molecule has 0 heterocycles. The Morgan fingerprint density at radius 3 is 2.13 bits per heavy atom. The average molecular weight is 240 g/mol. The van der Waals surface area contributed by atoms with Crippen LogP contribution in [0.1, 0.15) is 0 Å². The smallest absolute Gasteiger partial charge is 0.329 e. The molecule has 0 aromatic heterocycles. The molecule has 0 amide bonds. The van der Waals surface area contributed by atoms with Crippen LogP contribution in [-0.2, 0) is 13.8 Å². The fraction of sp³-hybridized carbons (Fsp3) is 1.00. The summed E-state index contributed by atoms with van der Waals surface area (Å²) >= 11 is 0. The lowest BCUT2D eigenvalue weighted by atomic mass is 10.6. The average Bonchev–Trinajstić information content (AvgIpc) is 2.23. The van der Waals surface area contributed by atoms with E-state index in [2.05, 4.69) is 25.5 Å². The normalized spacial score (nSPS) is 11.7. The molecule has 0 fully saturated rings. The van der Waals surface area contributed by atoms with Crippen molar-refractivity contribution in [1.82, 2.24) is 16.3 Å². The fourth-order valence-corrected chi connectivity index (χ4v) is 1.07. The van der Waals surface area contributed by atoms with E-state index in [4.69, 9.17) is 11.5 Å². The topological polar surface area (TPSA) is 124 Å². The van der Waals surface area contributed by atoms with Gasteiger partial charge in [0.2, 0.25) is 0 Å². The second kappa shape index (κ2) is 11.9. The highest BCUT2D eigenvalue weighted by atomic mass is 31.1. The Bertz CT molecular complexity index is 162. The van der Waals surface area contributed by atoms with Gasteiger partial charge in [-0.3, -0.25) is 0 Å².